The number of rotatable bonds is 4. The van der Waals surface area contributed by atoms with E-state index in [1.165, 1.54) is 0 Å². The van der Waals surface area contributed by atoms with Gasteiger partial charge in [0.05, 0.1) is 5.56 Å². The average molecular weight is 414 g/mol. The van der Waals surface area contributed by atoms with Crippen molar-refractivity contribution in [2.45, 2.75) is 6.61 Å². The largest absolute Gasteiger partial charge is 0.457 e. The van der Waals surface area contributed by atoms with Crippen LogP contribution < -0.4 is 0 Å². The van der Waals surface area contributed by atoms with Crippen LogP contribution in [0.4, 0.5) is 0 Å². The fourth-order valence-electron chi connectivity index (χ4n) is 2.30. The third kappa shape index (κ3) is 4.20. The molecular formula is C20H15IO2. The Hall–Kier alpha value is -2.14. The third-order valence-corrected chi connectivity index (χ3v) is 4.14. The van der Waals surface area contributed by atoms with Crippen molar-refractivity contribution >= 4 is 28.6 Å². The van der Waals surface area contributed by atoms with E-state index < -0.39 is 0 Å². The first-order valence-electron chi connectivity index (χ1n) is 7.29. The standard InChI is InChI=1S/C20H15IO2/c21-19-11-5-9-17(13-19)16-8-4-10-18(12-16)20(22)23-14-15-6-2-1-3-7-15/h1-13H,14H2. The number of hydrogen-bond donors (Lipinski definition) is 0. The van der Waals surface area contributed by atoms with E-state index in [0.717, 1.165) is 20.3 Å². The number of ether oxygens (including phenoxy) is 1. The van der Waals surface area contributed by atoms with Gasteiger partial charge in [-0.3, -0.25) is 0 Å². The minimum Gasteiger partial charge on any atom is -0.457 e. The van der Waals surface area contributed by atoms with Crippen LogP contribution in [-0.4, -0.2) is 5.97 Å². The smallest absolute Gasteiger partial charge is 0.338 e. The van der Waals surface area contributed by atoms with Gasteiger partial charge in [-0.05, 0) is 63.5 Å². The SMILES string of the molecule is O=C(OCc1ccccc1)c1cccc(-c2cccc(I)c2)c1. The highest BCUT2D eigenvalue weighted by molar-refractivity contribution is 14.1. The summed E-state index contributed by atoms with van der Waals surface area (Å²) >= 11 is 2.28. The van der Waals surface area contributed by atoms with Gasteiger partial charge in [-0.25, -0.2) is 4.79 Å². The Morgan fingerprint density at radius 2 is 1.52 bits per heavy atom. The van der Waals surface area contributed by atoms with Crippen molar-refractivity contribution in [3.8, 4) is 11.1 Å². The Balaban J connectivity index is 1.75. The highest BCUT2D eigenvalue weighted by Crippen LogP contribution is 2.22. The van der Waals surface area contributed by atoms with Gasteiger partial charge in [0.25, 0.3) is 0 Å². The van der Waals surface area contributed by atoms with Gasteiger partial charge in [0.2, 0.25) is 0 Å². The van der Waals surface area contributed by atoms with Crippen molar-refractivity contribution in [2.24, 2.45) is 0 Å². The summed E-state index contributed by atoms with van der Waals surface area (Å²) in [7, 11) is 0. The Morgan fingerprint density at radius 1 is 0.826 bits per heavy atom. The summed E-state index contributed by atoms with van der Waals surface area (Å²) in [5, 5.41) is 0. The minimum absolute atomic E-state index is 0.285. The van der Waals surface area contributed by atoms with Crippen LogP contribution in [0.15, 0.2) is 78.9 Å². The topological polar surface area (TPSA) is 26.3 Å². The number of esters is 1. The van der Waals surface area contributed by atoms with E-state index in [2.05, 4.69) is 28.7 Å². The fraction of sp³-hybridized carbons (Fsp3) is 0.0500. The van der Waals surface area contributed by atoms with Crippen molar-refractivity contribution in [1.82, 2.24) is 0 Å². The van der Waals surface area contributed by atoms with E-state index >= 15 is 0 Å². The minimum atomic E-state index is -0.304. The van der Waals surface area contributed by atoms with Gasteiger partial charge in [0, 0.05) is 3.57 Å². The molecule has 0 aliphatic heterocycles. The van der Waals surface area contributed by atoms with E-state index in [1.54, 1.807) is 6.07 Å². The molecule has 0 radical (unpaired) electrons. The van der Waals surface area contributed by atoms with Gasteiger partial charge < -0.3 is 4.74 Å². The molecule has 0 amide bonds. The van der Waals surface area contributed by atoms with Crippen LogP contribution in [0.25, 0.3) is 11.1 Å². The molecule has 0 heterocycles. The van der Waals surface area contributed by atoms with E-state index in [1.807, 2.05) is 66.7 Å². The predicted octanol–water partition coefficient (Wildman–Crippen LogP) is 5.32. The fourth-order valence-corrected chi connectivity index (χ4v) is 2.84. The normalized spacial score (nSPS) is 10.3. The molecule has 0 fully saturated rings. The lowest BCUT2D eigenvalue weighted by molar-refractivity contribution is 0.0473. The summed E-state index contributed by atoms with van der Waals surface area (Å²) in [6.45, 7) is 0.285. The van der Waals surface area contributed by atoms with Gasteiger partial charge in [0.1, 0.15) is 6.61 Å². The van der Waals surface area contributed by atoms with Crippen molar-refractivity contribution in [3.63, 3.8) is 0 Å². The van der Waals surface area contributed by atoms with Crippen molar-refractivity contribution in [3.05, 3.63) is 93.6 Å². The number of carbonyl (C=O) groups excluding carboxylic acids is 1. The maximum atomic E-state index is 12.2. The van der Waals surface area contributed by atoms with Crippen molar-refractivity contribution in [2.75, 3.05) is 0 Å². The maximum Gasteiger partial charge on any atom is 0.338 e. The van der Waals surface area contributed by atoms with Crippen LogP contribution in [0.2, 0.25) is 0 Å². The molecule has 3 aromatic rings. The summed E-state index contributed by atoms with van der Waals surface area (Å²) in [4.78, 5) is 12.2. The lowest BCUT2D eigenvalue weighted by atomic mass is 10.0. The van der Waals surface area contributed by atoms with E-state index in [0.29, 0.717) is 5.56 Å². The molecule has 3 rings (SSSR count). The van der Waals surface area contributed by atoms with E-state index in [-0.39, 0.29) is 12.6 Å². The Bertz CT molecular complexity index is 813. The van der Waals surface area contributed by atoms with Gasteiger partial charge in [-0.1, -0.05) is 54.6 Å². The summed E-state index contributed by atoms with van der Waals surface area (Å²) in [6, 6.07) is 25.4. The van der Waals surface area contributed by atoms with Crippen molar-refractivity contribution in [1.29, 1.82) is 0 Å². The molecule has 0 atom stereocenters. The first-order valence-corrected chi connectivity index (χ1v) is 8.37. The van der Waals surface area contributed by atoms with Gasteiger partial charge in [-0.2, -0.15) is 0 Å². The number of benzene rings is 3. The third-order valence-electron chi connectivity index (χ3n) is 3.47. The average Bonchev–Trinajstić information content (AvgIpc) is 2.61. The van der Waals surface area contributed by atoms with Crippen molar-refractivity contribution < 1.29 is 9.53 Å². The van der Waals surface area contributed by atoms with Crippen LogP contribution in [-0.2, 0) is 11.3 Å². The molecule has 2 nitrogen and oxygen atoms in total. The monoisotopic (exact) mass is 414 g/mol. The molecule has 0 N–H and O–H groups in total. The maximum absolute atomic E-state index is 12.2. The number of carbonyl (C=O) groups is 1. The number of hydrogen-bond acceptors (Lipinski definition) is 2. The second-order valence-corrected chi connectivity index (χ2v) is 6.40. The Morgan fingerprint density at radius 3 is 2.26 bits per heavy atom. The van der Waals surface area contributed by atoms with Crippen LogP contribution in [0.3, 0.4) is 0 Å². The molecule has 0 bridgehead atoms. The number of halogens is 1. The molecule has 23 heavy (non-hydrogen) atoms. The Labute approximate surface area is 149 Å². The molecular weight excluding hydrogens is 399 g/mol. The summed E-state index contributed by atoms with van der Waals surface area (Å²) in [5.74, 6) is -0.304. The van der Waals surface area contributed by atoms with Crippen LogP contribution >= 0.6 is 22.6 Å². The molecule has 0 saturated carbocycles. The van der Waals surface area contributed by atoms with Crippen LogP contribution in [0, 0.1) is 3.57 Å². The molecule has 0 aliphatic rings. The second-order valence-electron chi connectivity index (χ2n) is 5.15. The molecule has 114 valence electrons. The molecule has 0 aliphatic carbocycles. The van der Waals surface area contributed by atoms with Crippen LogP contribution in [0.1, 0.15) is 15.9 Å². The lowest BCUT2D eigenvalue weighted by Gasteiger charge is -2.07. The van der Waals surface area contributed by atoms with Gasteiger partial charge in [-0.15, -0.1) is 0 Å². The predicted molar refractivity (Wildman–Crippen MR) is 100 cm³/mol. The lowest BCUT2D eigenvalue weighted by Crippen LogP contribution is -2.05. The van der Waals surface area contributed by atoms with Gasteiger partial charge >= 0.3 is 5.97 Å². The second kappa shape index (κ2) is 7.42. The molecule has 0 saturated heterocycles. The van der Waals surface area contributed by atoms with E-state index in [9.17, 15) is 4.79 Å². The van der Waals surface area contributed by atoms with E-state index in [4.69, 9.17) is 4.74 Å². The first kappa shape index (κ1) is 15.7. The molecule has 0 unspecified atom stereocenters. The zero-order valence-electron chi connectivity index (χ0n) is 12.4. The summed E-state index contributed by atoms with van der Waals surface area (Å²) in [6.07, 6.45) is 0. The Kier molecular flexibility index (Phi) is 5.08. The summed E-state index contributed by atoms with van der Waals surface area (Å²) in [5.41, 5.74) is 3.65. The molecule has 3 heteroatoms. The zero-order chi connectivity index (χ0) is 16.1. The zero-order valence-corrected chi connectivity index (χ0v) is 14.6. The van der Waals surface area contributed by atoms with Crippen LogP contribution in [0.5, 0.6) is 0 Å². The summed E-state index contributed by atoms with van der Waals surface area (Å²) < 4.78 is 6.55. The molecule has 0 spiro atoms. The molecule has 3 aromatic carbocycles. The highest BCUT2D eigenvalue weighted by atomic mass is 127. The first-order chi connectivity index (χ1) is 11.2. The van der Waals surface area contributed by atoms with Gasteiger partial charge in [0.15, 0.2) is 0 Å². The highest BCUT2D eigenvalue weighted by Gasteiger charge is 2.09. The molecule has 0 aromatic heterocycles. The quantitative estimate of drug-likeness (QED) is 0.427.